The van der Waals surface area contributed by atoms with Crippen LogP contribution >= 0.6 is 0 Å². The van der Waals surface area contributed by atoms with Crippen molar-refractivity contribution in [3.8, 4) is 17.0 Å². The molecule has 7 nitrogen and oxygen atoms in total. The van der Waals surface area contributed by atoms with E-state index in [4.69, 9.17) is 10.5 Å². The molecule has 1 amide bonds. The fourth-order valence-corrected chi connectivity index (χ4v) is 4.48. The number of aromatic nitrogens is 1. The number of carbonyl (C=O) groups excluding carboxylic acids is 1. The summed E-state index contributed by atoms with van der Waals surface area (Å²) < 4.78 is 83.2. The number of halogens is 4. The molecule has 3 rings (SSSR count). The van der Waals surface area contributed by atoms with E-state index in [9.17, 15) is 30.8 Å². The van der Waals surface area contributed by atoms with Gasteiger partial charge in [-0.15, -0.1) is 0 Å². The molecule has 3 N–H and O–H groups in total. The minimum absolute atomic E-state index is 0.0451. The second-order valence-corrected chi connectivity index (χ2v) is 11.0. The number of amides is 1. The first-order valence-electron chi connectivity index (χ1n) is 11.4. The molecule has 0 bridgehead atoms. The number of nitrogens with two attached hydrogens (primary N) is 1. The molecule has 0 saturated carbocycles. The Kier molecular flexibility index (Phi) is 8.47. The normalized spacial score (nSPS) is 13.6. The maximum atomic E-state index is 14.6. The second-order valence-electron chi connectivity index (χ2n) is 8.86. The average molecular weight is 554 g/mol. The van der Waals surface area contributed by atoms with Crippen LogP contribution in [0.3, 0.4) is 0 Å². The number of rotatable bonds is 8. The number of methoxy groups -OCH3 is 1. The maximum absolute atomic E-state index is 14.6. The van der Waals surface area contributed by atoms with Crippen LogP contribution in [0.1, 0.15) is 46.2 Å². The number of pyridine rings is 1. The summed E-state index contributed by atoms with van der Waals surface area (Å²) in [5.74, 6) is -1.70. The number of hydrogen-bond donors (Lipinski definition) is 2. The van der Waals surface area contributed by atoms with E-state index in [-0.39, 0.29) is 23.4 Å². The van der Waals surface area contributed by atoms with Crippen LogP contribution in [0.25, 0.3) is 11.3 Å². The van der Waals surface area contributed by atoms with E-state index >= 15 is 0 Å². The Balaban J connectivity index is 1.86. The predicted octanol–water partition coefficient (Wildman–Crippen LogP) is 4.65. The lowest BCUT2D eigenvalue weighted by Crippen LogP contribution is -2.28. The molecule has 1 heterocycles. The molecule has 0 fully saturated rings. The Morgan fingerprint density at radius 2 is 1.82 bits per heavy atom. The Bertz CT molecular complexity index is 1460. The summed E-state index contributed by atoms with van der Waals surface area (Å²) in [6.07, 6.45) is -3.78. The zero-order valence-corrected chi connectivity index (χ0v) is 21.9. The van der Waals surface area contributed by atoms with Crippen molar-refractivity contribution in [1.82, 2.24) is 10.3 Å². The third kappa shape index (κ3) is 6.48. The van der Waals surface area contributed by atoms with Crippen molar-refractivity contribution < 1.29 is 35.5 Å². The van der Waals surface area contributed by atoms with E-state index in [0.717, 1.165) is 18.4 Å². The number of alkyl halides is 3. The van der Waals surface area contributed by atoms with Gasteiger partial charge in [-0.3, -0.25) is 4.79 Å². The molecule has 0 aliphatic carbocycles. The summed E-state index contributed by atoms with van der Waals surface area (Å²) in [6.45, 7) is 3.11. The van der Waals surface area contributed by atoms with Crippen LogP contribution in [0.2, 0.25) is 0 Å². The Labute approximate surface area is 218 Å². The van der Waals surface area contributed by atoms with Crippen molar-refractivity contribution in [3.05, 3.63) is 82.3 Å². The topological polar surface area (TPSA) is 111 Å². The largest absolute Gasteiger partial charge is 0.496 e. The minimum atomic E-state index is -4.66. The van der Waals surface area contributed by atoms with Crippen molar-refractivity contribution in [2.45, 2.75) is 37.9 Å². The van der Waals surface area contributed by atoms with Crippen molar-refractivity contribution in [3.63, 3.8) is 0 Å². The van der Waals surface area contributed by atoms with Crippen LogP contribution in [-0.4, -0.2) is 32.7 Å². The van der Waals surface area contributed by atoms with E-state index in [1.54, 1.807) is 25.1 Å². The lowest BCUT2D eigenvalue weighted by Gasteiger charge is -2.17. The van der Waals surface area contributed by atoms with E-state index in [2.05, 4.69) is 10.3 Å². The van der Waals surface area contributed by atoms with Gasteiger partial charge in [0.1, 0.15) is 22.6 Å². The summed E-state index contributed by atoms with van der Waals surface area (Å²) in [7, 11) is -2.26. The number of benzene rings is 2. The monoisotopic (exact) mass is 553 g/mol. The van der Waals surface area contributed by atoms with Crippen LogP contribution in [0, 0.1) is 12.7 Å². The quantitative estimate of drug-likeness (QED) is 0.393. The van der Waals surface area contributed by atoms with Gasteiger partial charge in [0.25, 0.3) is 0 Å². The van der Waals surface area contributed by atoms with Gasteiger partial charge in [-0.1, -0.05) is 18.2 Å². The summed E-state index contributed by atoms with van der Waals surface area (Å²) in [5, 5.41) is 1.11. The van der Waals surface area contributed by atoms with Crippen LogP contribution in [-0.2, 0) is 27.4 Å². The Morgan fingerprint density at radius 1 is 1.13 bits per heavy atom. The summed E-state index contributed by atoms with van der Waals surface area (Å²) in [6, 6.07) is 10.6. The molecule has 0 aliphatic rings. The van der Waals surface area contributed by atoms with Gasteiger partial charge < -0.3 is 15.8 Å². The first-order chi connectivity index (χ1) is 17.6. The van der Waals surface area contributed by atoms with Gasteiger partial charge in [-0.2, -0.15) is 13.2 Å². The highest BCUT2D eigenvalue weighted by Crippen LogP contribution is 2.33. The molecule has 2 atom stereocenters. The molecule has 2 unspecified atom stereocenters. The van der Waals surface area contributed by atoms with Crippen molar-refractivity contribution in [2.75, 3.05) is 13.4 Å². The van der Waals surface area contributed by atoms with Gasteiger partial charge in [0.2, 0.25) is 5.91 Å². The first-order valence-corrected chi connectivity index (χ1v) is 13.3. The third-order valence-corrected chi connectivity index (χ3v) is 7.25. The molecular weight excluding hydrogens is 526 g/mol. The van der Waals surface area contributed by atoms with Crippen molar-refractivity contribution in [2.24, 2.45) is 5.73 Å². The number of hydrogen-bond acceptors (Lipinski definition) is 6. The highest BCUT2D eigenvalue weighted by molar-refractivity contribution is 7.90. The number of carbonyl (C=O) groups is 1. The molecule has 204 valence electrons. The fourth-order valence-electron chi connectivity index (χ4n) is 3.83. The van der Waals surface area contributed by atoms with Crippen LogP contribution < -0.4 is 15.8 Å². The fraction of sp³-hybridized carbons (Fsp3) is 0.308. The summed E-state index contributed by atoms with van der Waals surface area (Å²) >= 11 is 0. The van der Waals surface area contributed by atoms with Crippen molar-refractivity contribution in [1.29, 1.82) is 0 Å². The molecule has 38 heavy (non-hydrogen) atoms. The number of sulfone groups is 1. The average Bonchev–Trinajstić information content (AvgIpc) is 2.85. The van der Waals surface area contributed by atoms with E-state index in [1.807, 2.05) is 0 Å². The van der Waals surface area contributed by atoms with Gasteiger partial charge in [0, 0.05) is 23.9 Å². The lowest BCUT2D eigenvalue weighted by molar-refractivity contribution is -0.141. The zero-order valence-electron chi connectivity index (χ0n) is 21.1. The number of nitrogens with zero attached hydrogens (tertiary/aromatic N) is 1. The molecule has 12 heteroatoms. The minimum Gasteiger partial charge on any atom is -0.496 e. The second kappa shape index (κ2) is 11.1. The van der Waals surface area contributed by atoms with Crippen LogP contribution in [0.5, 0.6) is 5.75 Å². The maximum Gasteiger partial charge on any atom is 0.433 e. The van der Waals surface area contributed by atoms with Gasteiger partial charge in [-0.25, -0.2) is 17.8 Å². The smallest absolute Gasteiger partial charge is 0.433 e. The third-order valence-electron chi connectivity index (χ3n) is 6.08. The molecular formula is C26H27F4N3O4S. The van der Waals surface area contributed by atoms with Crippen LogP contribution in [0.4, 0.5) is 17.6 Å². The van der Waals surface area contributed by atoms with E-state index in [1.165, 1.54) is 32.2 Å². The summed E-state index contributed by atoms with van der Waals surface area (Å²) in [5.41, 5.74) is 6.05. The molecule has 0 spiro atoms. The molecule has 3 aromatic rings. The Hall–Kier alpha value is -3.51. The molecule has 2 aromatic carbocycles. The van der Waals surface area contributed by atoms with Crippen molar-refractivity contribution >= 4 is 15.7 Å². The predicted molar refractivity (Wildman–Crippen MR) is 134 cm³/mol. The number of aryl methyl sites for hydroxylation is 1. The molecule has 0 aliphatic heterocycles. The van der Waals surface area contributed by atoms with Gasteiger partial charge in [0.05, 0.1) is 18.7 Å². The van der Waals surface area contributed by atoms with E-state index < -0.39 is 44.7 Å². The first kappa shape index (κ1) is 29.1. The molecule has 1 aromatic heterocycles. The van der Waals surface area contributed by atoms with Gasteiger partial charge in [-0.05, 0) is 60.9 Å². The lowest BCUT2D eigenvalue weighted by atomic mass is 9.98. The SMILES string of the molecule is COc1ccc(-c2nc(C(F)(F)F)ccc2CNC(=O)C(C)c2ccc(C(N)S(C)(=O)=O)c(F)c2)cc1C. The van der Waals surface area contributed by atoms with Crippen LogP contribution in [0.15, 0.2) is 48.5 Å². The summed E-state index contributed by atoms with van der Waals surface area (Å²) in [4.78, 5) is 16.7. The highest BCUT2D eigenvalue weighted by atomic mass is 32.2. The van der Waals surface area contributed by atoms with Gasteiger partial charge in [0.15, 0.2) is 9.84 Å². The highest BCUT2D eigenvalue weighted by Gasteiger charge is 2.33. The molecule has 0 saturated heterocycles. The Morgan fingerprint density at radius 3 is 2.37 bits per heavy atom. The van der Waals surface area contributed by atoms with E-state index in [0.29, 0.717) is 22.4 Å². The number of nitrogens with one attached hydrogen (secondary N) is 1. The van der Waals surface area contributed by atoms with Gasteiger partial charge >= 0.3 is 6.18 Å². The number of ether oxygens (including phenoxy) is 1. The molecule has 0 radical (unpaired) electrons. The standard InChI is InChI=1S/C26H27F4N3O4S/c1-14-11-17(6-9-21(14)37-3)23-18(7-10-22(33-23)26(28,29)30)13-32-25(34)15(2)16-5-8-19(20(27)12-16)24(31)38(4,35)36/h5-12,15,24H,13,31H2,1-4H3,(H,32,34). The zero-order chi connectivity index (χ0) is 28.4.